The zero-order valence-electron chi connectivity index (χ0n) is 13.0. The second kappa shape index (κ2) is 5.50. The molecule has 1 aliphatic rings. The fourth-order valence-corrected chi connectivity index (χ4v) is 3.55. The number of benzene rings is 1. The lowest BCUT2D eigenvalue weighted by atomic mass is 9.75. The maximum absolute atomic E-state index is 11.3. The smallest absolute Gasteiger partial charge is 0.238 e. The Morgan fingerprint density at radius 3 is 2.29 bits per heavy atom. The van der Waals surface area contributed by atoms with E-state index in [0.29, 0.717) is 17.1 Å². The molecule has 4 N–H and O–H groups in total. The minimum atomic E-state index is -3.71. The highest BCUT2D eigenvalue weighted by Gasteiger charge is 2.29. The summed E-state index contributed by atoms with van der Waals surface area (Å²) in [6, 6.07) is 5.15. The first-order chi connectivity index (χ1) is 9.60. The zero-order valence-corrected chi connectivity index (χ0v) is 13.8. The van der Waals surface area contributed by atoms with Crippen LogP contribution in [0.25, 0.3) is 0 Å². The average Bonchev–Trinajstić information content (AvgIpc) is 2.36. The lowest BCUT2D eigenvalue weighted by Gasteiger charge is -2.40. The molecular formula is C15H25N3O2S. The molecule has 6 heteroatoms. The van der Waals surface area contributed by atoms with Gasteiger partial charge in [-0.2, -0.15) is 0 Å². The van der Waals surface area contributed by atoms with Gasteiger partial charge in [-0.05, 0) is 49.3 Å². The Kier molecular flexibility index (Phi) is 4.22. The van der Waals surface area contributed by atoms with E-state index in [-0.39, 0.29) is 4.90 Å². The topological polar surface area (TPSA) is 89.4 Å². The van der Waals surface area contributed by atoms with E-state index in [4.69, 9.17) is 10.9 Å². The fraction of sp³-hybridized carbons (Fsp3) is 0.600. The molecule has 0 saturated heterocycles. The fourth-order valence-electron chi connectivity index (χ4n) is 3.00. The van der Waals surface area contributed by atoms with Crippen molar-refractivity contribution in [2.45, 2.75) is 50.5 Å². The largest absolute Gasteiger partial charge is 0.397 e. The van der Waals surface area contributed by atoms with E-state index in [1.54, 1.807) is 6.07 Å². The van der Waals surface area contributed by atoms with Crippen LogP contribution in [0.1, 0.15) is 39.5 Å². The summed E-state index contributed by atoms with van der Waals surface area (Å²) in [7, 11) is -1.69. The number of nitrogens with two attached hydrogens (primary N) is 2. The normalized spacial score (nSPS) is 19.4. The number of primary sulfonamides is 1. The maximum Gasteiger partial charge on any atom is 0.238 e. The first-order valence-corrected chi connectivity index (χ1v) is 8.80. The summed E-state index contributed by atoms with van der Waals surface area (Å²) in [5.41, 5.74) is 7.75. The van der Waals surface area contributed by atoms with Crippen LogP contribution < -0.4 is 15.8 Å². The Bertz CT molecular complexity index is 616. The average molecular weight is 311 g/mol. The van der Waals surface area contributed by atoms with Crippen molar-refractivity contribution < 1.29 is 8.42 Å². The van der Waals surface area contributed by atoms with Crippen molar-refractivity contribution >= 4 is 21.4 Å². The quantitative estimate of drug-likeness (QED) is 0.838. The van der Waals surface area contributed by atoms with E-state index in [9.17, 15) is 8.42 Å². The SMILES string of the molecule is CN(c1ccc(S(N)(=O)=O)cc1N)C1CCC(C)(C)CC1. The molecule has 0 aromatic heterocycles. The van der Waals surface area contributed by atoms with E-state index in [1.807, 2.05) is 7.05 Å². The van der Waals surface area contributed by atoms with Crippen LogP contribution in [-0.2, 0) is 10.0 Å². The Balaban J connectivity index is 2.19. The third-order valence-electron chi connectivity index (χ3n) is 4.56. The Hall–Kier alpha value is -1.27. The molecule has 0 spiro atoms. The van der Waals surface area contributed by atoms with Crippen molar-refractivity contribution in [3.05, 3.63) is 18.2 Å². The summed E-state index contributed by atoms with van der Waals surface area (Å²) in [4.78, 5) is 2.22. The highest BCUT2D eigenvalue weighted by atomic mass is 32.2. The third-order valence-corrected chi connectivity index (χ3v) is 5.47. The molecule has 21 heavy (non-hydrogen) atoms. The summed E-state index contributed by atoms with van der Waals surface area (Å²) in [6.07, 6.45) is 4.63. The highest BCUT2D eigenvalue weighted by Crippen LogP contribution is 2.38. The van der Waals surface area contributed by atoms with Crippen LogP contribution in [0, 0.1) is 5.41 Å². The van der Waals surface area contributed by atoms with Crippen LogP contribution in [0.15, 0.2) is 23.1 Å². The highest BCUT2D eigenvalue weighted by molar-refractivity contribution is 7.89. The second-order valence-electron chi connectivity index (χ2n) is 6.77. The molecule has 0 heterocycles. The third kappa shape index (κ3) is 3.68. The van der Waals surface area contributed by atoms with Crippen molar-refractivity contribution in [1.29, 1.82) is 0 Å². The van der Waals surface area contributed by atoms with Gasteiger partial charge >= 0.3 is 0 Å². The van der Waals surface area contributed by atoms with Gasteiger partial charge in [0, 0.05) is 13.1 Å². The van der Waals surface area contributed by atoms with Crippen molar-refractivity contribution in [1.82, 2.24) is 0 Å². The number of anilines is 2. The number of rotatable bonds is 3. The molecular weight excluding hydrogens is 286 g/mol. The first-order valence-electron chi connectivity index (χ1n) is 7.25. The monoisotopic (exact) mass is 311 g/mol. The van der Waals surface area contributed by atoms with Crippen LogP contribution >= 0.6 is 0 Å². The molecule has 0 unspecified atom stereocenters. The Morgan fingerprint density at radius 2 is 1.81 bits per heavy atom. The predicted molar refractivity (Wildman–Crippen MR) is 86.7 cm³/mol. The Morgan fingerprint density at radius 1 is 1.24 bits per heavy atom. The van der Waals surface area contributed by atoms with Gasteiger partial charge in [-0.3, -0.25) is 0 Å². The second-order valence-corrected chi connectivity index (χ2v) is 8.33. The lowest BCUT2D eigenvalue weighted by molar-refractivity contribution is 0.222. The van der Waals surface area contributed by atoms with Crippen LogP contribution in [0.2, 0.25) is 0 Å². The molecule has 0 amide bonds. The van der Waals surface area contributed by atoms with Gasteiger partial charge in [0.15, 0.2) is 0 Å². The first kappa shape index (κ1) is 16.1. The molecule has 0 aliphatic heterocycles. The number of nitrogen functional groups attached to an aromatic ring is 1. The van der Waals surface area contributed by atoms with E-state index in [1.165, 1.54) is 25.0 Å². The van der Waals surface area contributed by atoms with Gasteiger partial charge in [0.25, 0.3) is 0 Å². The van der Waals surface area contributed by atoms with Crippen molar-refractivity contribution in [2.75, 3.05) is 17.7 Å². The van der Waals surface area contributed by atoms with Gasteiger partial charge in [0.2, 0.25) is 10.0 Å². The molecule has 0 bridgehead atoms. The molecule has 5 nitrogen and oxygen atoms in total. The number of hydrogen-bond acceptors (Lipinski definition) is 4. The van der Waals surface area contributed by atoms with Gasteiger partial charge in [0.1, 0.15) is 0 Å². The number of sulfonamides is 1. The van der Waals surface area contributed by atoms with E-state index in [0.717, 1.165) is 18.5 Å². The van der Waals surface area contributed by atoms with Crippen LogP contribution in [0.3, 0.4) is 0 Å². The van der Waals surface area contributed by atoms with E-state index in [2.05, 4.69) is 18.7 Å². The van der Waals surface area contributed by atoms with Crippen LogP contribution in [-0.4, -0.2) is 21.5 Å². The van der Waals surface area contributed by atoms with Gasteiger partial charge in [-0.25, -0.2) is 13.6 Å². The molecule has 118 valence electrons. The minimum absolute atomic E-state index is 0.0573. The van der Waals surface area contributed by atoms with Crippen molar-refractivity contribution in [2.24, 2.45) is 10.6 Å². The molecule has 0 radical (unpaired) electrons. The summed E-state index contributed by atoms with van der Waals surface area (Å²) >= 11 is 0. The summed E-state index contributed by atoms with van der Waals surface area (Å²) in [5.74, 6) is 0. The molecule has 1 saturated carbocycles. The zero-order chi connectivity index (χ0) is 15.8. The van der Waals surface area contributed by atoms with E-state index >= 15 is 0 Å². The molecule has 1 aliphatic carbocycles. The van der Waals surface area contributed by atoms with Gasteiger partial charge in [-0.1, -0.05) is 13.8 Å². The number of hydrogen-bond donors (Lipinski definition) is 2. The molecule has 1 aromatic rings. The predicted octanol–water partition coefficient (Wildman–Crippen LogP) is 2.32. The summed E-state index contributed by atoms with van der Waals surface area (Å²) in [5, 5.41) is 5.13. The standard InChI is InChI=1S/C15H25N3O2S/c1-15(2)8-6-11(7-9-15)18(3)14-5-4-12(10-13(14)16)21(17,19)20/h4-5,10-11H,6-9,16H2,1-3H3,(H2,17,19,20). The van der Waals surface area contributed by atoms with Gasteiger partial charge < -0.3 is 10.6 Å². The number of nitrogens with zero attached hydrogens (tertiary/aromatic N) is 1. The minimum Gasteiger partial charge on any atom is -0.397 e. The molecule has 2 rings (SSSR count). The lowest BCUT2D eigenvalue weighted by Crippen LogP contribution is -2.37. The summed E-state index contributed by atoms with van der Waals surface area (Å²) in [6.45, 7) is 4.61. The Labute approximate surface area is 127 Å². The van der Waals surface area contributed by atoms with Crippen LogP contribution in [0.5, 0.6) is 0 Å². The van der Waals surface area contributed by atoms with Crippen molar-refractivity contribution in [3.8, 4) is 0 Å². The van der Waals surface area contributed by atoms with Crippen molar-refractivity contribution in [3.63, 3.8) is 0 Å². The summed E-state index contributed by atoms with van der Waals surface area (Å²) < 4.78 is 22.7. The van der Waals surface area contributed by atoms with Gasteiger partial charge in [-0.15, -0.1) is 0 Å². The molecule has 1 aromatic carbocycles. The maximum atomic E-state index is 11.3. The van der Waals surface area contributed by atoms with E-state index < -0.39 is 10.0 Å². The van der Waals surface area contributed by atoms with Crippen LogP contribution in [0.4, 0.5) is 11.4 Å². The molecule has 0 atom stereocenters. The molecule has 1 fully saturated rings. The van der Waals surface area contributed by atoms with Gasteiger partial charge in [0.05, 0.1) is 16.3 Å².